The monoisotopic (exact) mass is 500 g/mol. The number of amides is 1. The first-order chi connectivity index (χ1) is 18.0. The third-order valence-electron chi connectivity index (χ3n) is 6.25. The molecular formula is C30H32N2O5. The standard InChI is InChI=1S/C30H32N2O5/c1-3-5-9-17-37-24-15-14-23(18-25(24)36-4-2)27-26(28(33)22-12-7-6-8-13-22)29(34)30(35)32(27)20-21-11-10-16-31-19-21/h6-8,10-16,18-19,27,33H,3-5,9,17,20H2,1-2H3/b28-26+. The first-order valence-electron chi connectivity index (χ1n) is 12.7. The summed E-state index contributed by atoms with van der Waals surface area (Å²) in [7, 11) is 0. The van der Waals surface area contributed by atoms with E-state index in [4.69, 9.17) is 9.47 Å². The van der Waals surface area contributed by atoms with Gasteiger partial charge in [-0.2, -0.15) is 0 Å². The number of hydrogen-bond donors (Lipinski definition) is 1. The lowest BCUT2D eigenvalue weighted by Gasteiger charge is -2.26. The van der Waals surface area contributed by atoms with Gasteiger partial charge in [-0.1, -0.05) is 62.2 Å². The highest BCUT2D eigenvalue weighted by atomic mass is 16.5. The molecule has 0 aliphatic carbocycles. The number of unbranched alkanes of at least 4 members (excludes halogenated alkanes) is 2. The van der Waals surface area contributed by atoms with E-state index in [0.717, 1.165) is 24.8 Å². The molecule has 2 aromatic carbocycles. The summed E-state index contributed by atoms with van der Waals surface area (Å²) in [5.74, 6) is -0.482. The minimum Gasteiger partial charge on any atom is -0.507 e. The number of aromatic nitrogens is 1. The fourth-order valence-corrected chi connectivity index (χ4v) is 4.45. The first-order valence-corrected chi connectivity index (χ1v) is 12.7. The van der Waals surface area contributed by atoms with Gasteiger partial charge in [-0.15, -0.1) is 0 Å². The Morgan fingerprint density at radius 2 is 1.78 bits per heavy atom. The number of hydrogen-bond acceptors (Lipinski definition) is 6. The summed E-state index contributed by atoms with van der Waals surface area (Å²) in [6, 6.07) is 17.0. The highest BCUT2D eigenvalue weighted by molar-refractivity contribution is 6.46. The zero-order valence-electron chi connectivity index (χ0n) is 21.2. The molecule has 1 saturated heterocycles. The Morgan fingerprint density at radius 1 is 0.973 bits per heavy atom. The number of pyridine rings is 1. The van der Waals surface area contributed by atoms with E-state index in [9.17, 15) is 14.7 Å². The van der Waals surface area contributed by atoms with Crippen molar-refractivity contribution in [2.75, 3.05) is 13.2 Å². The van der Waals surface area contributed by atoms with Crippen LogP contribution in [0.4, 0.5) is 0 Å². The Kier molecular flexibility index (Phi) is 8.56. The Morgan fingerprint density at radius 3 is 2.49 bits per heavy atom. The summed E-state index contributed by atoms with van der Waals surface area (Å²) in [4.78, 5) is 32.2. The molecule has 0 radical (unpaired) electrons. The molecule has 37 heavy (non-hydrogen) atoms. The smallest absolute Gasteiger partial charge is 0.295 e. The molecule has 1 aliphatic rings. The van der Waals surface area contributed by atoms with E-state index >= 15 is 0 Å². The van der Waals surface area contributed by atoms with E-state index in [2.05, 4.69) is 11.9 Å². The summed E-state index contributed by atoms with van der Waals surface area (Å²) < 4.78 is 11.9. The predicted octanol–water partition coefficient (Wildman–Crippen LogP) is 5.67. The number of aliphatic hydroxyl groups is 1. The normalized spacial score (nSPS) is 16.7. The van der Waals surface area contributed by atoms with Gasteiger partial charge in [0.15, 0.2) is 11.5 Å². The molecule has 0 bridgehead atoms. The van der Waals surface area contributed by atoms with E-state index in [-0.39, 0.29) is 17.9 Å². The summed E-state index contributed by atoms with van der Waals surface area (Å²) in [6.07, 6.45) is 6.42. The lowest BCUT2D eigenvalue weighted by Crippen LogP contribution is -2.29. The molecule has 1 aromatic heterocycles. The highest BCUT2D eigenvalue weighted by Gasteiger charge is 2.46. The molecule has 1 atom stereocenters. The molecule has 4 rings (SSSR count). The molecule has 0 spiro atoms. The summed E-state index contributed by atoms with van der Waals surface area (Å²) in [5.41, 5.74) is 1.92. The number of ketones is 1. The van der Waals surface area contributed by atoms with Crippen LogP contribution < -0.4 is 9.47 Å². The Labute approximate surface area is 217 Å². The zero-order valence-corrected chi connectivity index (χ0v) is 21.2. The van der Waals surface area contributed by atoms with Crippen LogP contribution in [-0.4, -0.2) is 39.9 Å². The fourth-order valence-electron chi connectivity index (χ4n) is 4.45. The van der Waals surface area contributed by atoms with E-state index in [1.54, 1.807) is 54.9 Å². The average Bonchev–Trinajstić information content (AvgIpc) is 3.17. The number of benzene rings is 2. The number of ether oxygens (including phenoxy) is 2. The maximum absolute atomic E-state index is 13.3. The van der Waals surface area contributed by atoms with Crippen LogP contribution in [-0.2, 0) is 16.1 Å². The van der Waals surface area contributed by atoms with Crippen molar-refractivity contribution in [1.29, 1.82) is 0 Å². The molecule has 7 nitrogen and oxygen atoms in total. The molecule has 1 unspecified atom stereocenters. The third kappa shape index (κ3) is 5.82. The SMILES string of the molecule is CCCCCOc1ccc(C2/C(=C(\O)c3ccccc3)C(=O)C(=O)N2Cc2cccnc2)cc1OCC. The summed E-state index contributed by atoms with van der Waals surface area (Å²) in [6.45, 7) is 5.18. The Balaban J connectivity index is 1.79. The van der Waals surface area contributed by atoms with Crippen molar-refractivity contribution in [1.82, 2.24) is 9.88 Å². The zero-order chi connectivity index (χ0) is 26.2. The van der Waals surface area contributed by atoms with E-state index < -0.39 is 17.7 Å². The second-order valence-corrected chi connectivity index (χ2v) is 8.85. The quantitative estimate of drug-likeness (QED) is 0.158. The van der Waals surface area contributed by atoms with Gasteiger partial charge in [-0.05, 0) is 42.7 Å². The second kappa shape index (κ2) is 12.2. The number of carbonyl (C=O) groups excluding carboxylic acids is 2. The highest BCUT2D eigenvalue weighted by Crippen LogP contribution is 2.42. The van der Waals surface area contributed by atoms with Gasteiger partial charge < -0.3 is 19.5 Å². The fraction of sp³-hybridized carbons (Fsp3) is 0.300. The lowest BCUT2D eigenvalue weighted by atomic mass is 9.95. The van der Waals surface area contributed by atoms with Gasteiger partial charge in [0.05, 0.1) is 24.8 Å². The lowest BCUT2D eigenvalue weighted by molar-refractivity contribution is -0.140. The van der Waals surface area contributed by atoms with Crippen molar-refractivity contribution in [3.05, 3.63) is 95.3 Å². The van der Waals surface area contributed by atoms with Crippen molar-refractivity contribution in [3.63, 3.8) is 0 Å². The van der Waals surface area contributed by atoms with Gasteiger partial charge in [0.2, 0.25) is 0 Å². The molecule has 1 amide bonds. The predicted molar refractivity (Wildman–Crippen MR) is 141 cm³/mol. The van der Waals surface area contributed by atoms with Crippen molar-refractivity contribution in [2.24, 2.45) is 0 Å². The summed E-state index contributed by atoms with van der Waals surface area (Å²) >= 11 is 0. The largest absolute Gasteiger partial charge is 0.507 e. The van der Waals surface area contributed by atoms with Gasteiger partial charge in [-0.25, -0.2) is 0 Å². The second-order valence-electron chi connectivity index (χ2n) is 8.85. The Bertz CT molecular complexity index is 1260. The molecular weight excluding hydrogens is 468 g/mol. The first kappa shape index (κ1) is 25.9. The third-order valence-corrected chi connectivity index (χ3v) is 6.25. The van der Waals surface area contributed by atoms with Crippen LogP contribution in [0.2, 0.25) is 0 Å². The number of Topliss-reactive ketones (excluding diaryl/α,β-unsaturated/α-hetero) is 1. The van der Waals surface area contributed by atoms with Crippen LogP contribution in [0.1, 0.15) is 55.8 Å². The van der Waals surface area contributed by atoms with Crippen LogP contribution >= 0.6 is 0 Å². The number of likely N-dealkylation sites (tertiary alicyclic amines) is 1. The van der Waals surface area contributed by atoms with Crippen molar-refractivity contribution >= 4 is 17.4 Å². The number of aliphatic hydroxyl groups excluding tert-OH is 1. The molecule has 7 heteroatoms. The molecule has 1 fully saturated rings. The van der Waals surface area contributed by atoms with Crippen molar-refractivity contribution in [2.45, 2.75) is 45.7 Å². The van der Waals surface area contributed by atoms with Crippen LogP contribution in [0.3, 0.4) is 0 Å². The maximum atomic E-state index is 13.3. The van der Waals surface area contributed by atoms with Gasteiger partial charge in [-0.3, -0.25) is 14.6 Å². The van der Waals surface area contributed by atoms with E-state index in [1.165, 1.54) is 4.90 Å². The van der Waals surface area contributed by atoms with E-state index in [0.29, 0.717) is 35.8 Å². The molecule has 3 aromatic rings. The minimum absolute atomic E-state index is 0.0409. The van der Waals surface area contributed by atoms with Crippen molar-refractivity contribution in [3.8, 4) is 11.5 Å². The molecule has 1 aliphatic heterocycles. The number of carbonyl (C=O) groups is 2. The minimum atomic E-state index is -0.811. The van der Waals surface area contributed by atoms with Crippen LogP contribution in [0.5, 0.6) is 11.5 Å². The van der Waals surface area contributed by atoms with Gasteiger partial charge in [0, 0.05) is 24.5 Å². The van der Waals surface area contributed by atoms with Crippen LogP contribution in [0.25, 0.3) is 5.76 Å². The number of nitrogens with zero attached hydrogens (tertiary/aromatic N) is 2. The molecule has 0 saturated carbocycles. The van der Waals surface area contributed by atoms with Crippen molar-refractivity contribution < 1.29 is 24.2 Å². The molecule has 192 valence electrons. The van der Waals surface area contributed by atoms with E-state index in [1.807, 2.05) is 25.1 Å². The van der Waals surface area contributed by atoms with Gasteiger partial charge in [0.1, 0.15) is 5.76 Å². The number of rotatable bonds is 11. The molecule has 2 heterocycles. The van der Waals surface area contributed by atoms with Crippen LogP contribution in [0.15, 0.2) is 78.6 Å². The average molecular weight is 501 g/mol. The topological polar surface area (TPSA) is 89.0 Å². The van der Waals surface area contributed by atoms with Gasteiger partial charge in [0.25, 0.3) is 11.7 Å². The Hall–Kier alpha value is -4.13. The molecule has 1 N–H and O–H groups in total. The summed E-state index contributed by atoms with van der Waals surface area (Å²) in [5, 5.41) is 11.2. The maximum Gasteiger partial charge on any atom is 0.295 e. The van der Waals surface area contributed by atoms with Crippen LogP contribution in [0, 0.1) is 0 Å². The van der Waals surface area contributed by atoms with Gasteiger partial charge >= 0.3 is 0 Å².